The van der Waals surface area contributed by atoms with Crippen molar-refractivity contribution in [2.24, 2.45) is 0 Å². The van der Waals surface area contributed by atoms with Gasteiger partial charge in [-0.3, -0.25) is 19.5 Å². The van der Waals surface area contributed by atoms with E-state index in [-0.39, 0.29) is 18.1 Å². The Hall–Kier alpha value is -3.04. The Bertz CT molecular complexity index is 1150. The second-order valence-electron chi connectivity index (χ2n) is 6.96. The number of aromatic nitrogens is 2. The number of para-hydroxylation sites is 1. The number of nitrogens with one attached hydrogen (secondary N) is 1. The Morgan fingerprint density at radius 1 is 1.16 bits per heavy atom. The Labute approximate surface area is 190 Å². The Morgan fingerprint density at radius 2 is 1.94 bits per heavy atom. The molecule has 0 radical (unpaired) electrons. The lowest BCUT2D eigenvalue weighted by atomic mass is 10.2. The molecule has 3 aromatic rings. The van der Waals surface area contributed by atoms with Gasteiger partial charge in [-0.2, -0.15) is 11.8 Å². The van der Waals surface area contributed by atoms with E-state index in [1.54, 1.807) is 55.3 Å². The number of hydrogen-bond donors (Lipinski definition) is 1. The predicted octanol–water partition coefficient (Wildman–Crippen LogP) is 2.79. The molecule has 32 heavy (non-hydrogen) atoms. The first-order valence-corrected chi connectivity index (χ1v) is 11.5. The molecule has 8 nitrogen and oxygen atoms in total. The Balaban J connectivity index is 2.11. The van der Waals surface area contributed by atoms with E-state index in [0.29, 0.717) is 40.3 Å². The van der Waals surface area contributed by atoms with Gasteiger partial charge in [0.05, 0.1) is 44.5 Å². The van der Waals surface area contributed by atoms with Gasteiger partial charge < -0.3 is 14.2 Å². The average Bonchev–Trinajstić information content (AvgIpc) is 2.83. The maximum atomic E-state index is 13.5. The maximum Gasteiger partial charge on any atom is 0.322 e. The summed E-state index contributed by atoms with van der Waals surface area (Å²) in [6.07, 6.45) is 2.57. The van der Waals surface area contributed by atoms with Gasteiger partial charge in [0.1, 0.15) is 23.4 Å². The van der Waals surface area contributed by atoms with E-state index in [2.05, 4.69) is 5.32 Å². The molecule has 0 saturated carbocycles. The first-order chi connectivity index (χ1) is 15.5. The Kier molecular flexibility index (Phi) is 8.13. The first-order valence-electron chi connectivity index (χ1n) is 10.1. The number of esters is 1. The molecule has 0 aliphatic carbocycles. The number of methoxy groups -OCH3 is 3. The summed E-state index contributed by atoms with van der Waals surface area (Å²) >= 11 is 1.65. The third kappa shape index (κ3) is 5.05. The van der Waals surface area contributed by atoms with Crippen molar-refractivity contribution >= 4 is 28.6 Å². The average molecular weight is 458 g/mol. The van der Waals surface area contributed by atoms with Gasteiger partial charge in [-0.1, -0.05) is 12.1 Å². The summed E-state index contributed by atoms with van der Waals surface area (Å²) in [5.41, 5.74) is 0.887. The van der Waals surface area contributed by atoms with Gasteiger partial charge in [0.15, 0.2) is 0 Å². The first kappa shape index (κ1) is 23.6. The van der Waals surface area contributed by atoms with E-state index in [4.69, 9.17) is 19.2 Å². The highest BCUT2D eigenvalue weighted by molar-refractivity contribution is 7.98. The summed E-state index contributed by atoms with van der Waals surface area (Å²) in [5, 5.41) is 3.70. The summed E-state index contributed by atoms with van der Waals surface area (Å²) in [4.78, 5) is 30.4. The molecule has 1 atom stereocenters. The fourth-order valence-corrected chi connectivity index (χ4v) is 3.88. The highest BCUT2D eigenvalue weighted by Crippen LogP contribution is 2.28. The van der Waals surface area contributed by atoms with Crippen molar-refractivity contribution in [2.45, 2.75) is 19.0 Å². The molecule has 1 heterocycles. The summed E-state index contributed by atoms with van der Waals surface area (Å²) in [6.45, 7) is 0.184. The molecule has 2 aromatic carbocycles. The summed E-state index contributed by atoms with van der Waals surface area (Å²) in [7, 11) is 4.46. The number of rotatable bonds is 10. The van der Waals surface area contributed by atoms with Crippen LogP contribution < -0.4 is 20.3 Å². The molecule has 3 rings (SSSR count). The minimum Gasteiger partial charge on any atom is -0.497 e. The lowest BCUT2D eigenvalue weighted by molar-refractivity contribution is -0.143. The maximum absolute atomic E-state index is 13.5. The fraction of sp³-hybridized carbons (Fsp3) is 0.348. The van der Waals surface area contributed by atoms with E-state index >= 15 is 0 Å². The van der Waals surface area contributed by atoms with Crippen molar-refractivity contribution in [3.8, 4) is 17.2 Å². The van der Waals surface area contributed by atoms with Crippen LogP contribution in [0.5, 0.6) is 11.5 Å². The number of fused-ring (bicyclic) bond motifs is 1. The number of benzene rings is 2. The molecule has 0 amide bonds. The monoisotopic (exact) mass is 457 g/mol. The van der Waals surface area contributed by atoms with Gasteiger partial charge in [0, 0.05) is 6.07 Å². The number of hydrogen-bond acceptors (Lipinski definition) is 8. The summed E-state index contributed by atoms with van der Waals surface area (Å²) in [5.74, 6) is 1.97. The fourth-order valence-electron chi connectivity index (χ4n) is 3.41. The van der Waals surface area contributed by atoms with Crippen LogP contribution in [0.3, 0.4) is 0 Å². The van der Waals surface area contributed by atoms with Crippen molar-refractivity contribution in [3.63, 3.8) is 0 Å². The van der Waals surface area contributed by atoms with E-state index in [0.717, 1.165) is 5.75 Å². The van der Waals surface area contributed by atoms with Crippen LogP contribution >= 0.6 is 11.8 Å². The van der Waals surface area contributed by atoms with Crippen LogP contribution in [0.4, 0.5) is 0 Å². The van der Waals surface area contributed by atoms with Crippen LogP contribution in [0, 0.1) is 0 Å². The van der Waals surface area contributed by atoms with Crippen molar-refractivity contribution in [3.05, 3.63) is 58.6 Å². The molecule has 9 heteroatoms. The minimum atomic E-state index is -0.512. The van der Waals surface area contributed by atoms with E-state index in [1.807, 2.05) is 12.3 Å². The van der Waals surface area contributed by atoms with Crippen molar-refractivity contribution in [1.29, 1.82) is 0 Å². The van der Waals surface area contributed by atoms with Gasteiger partial charge in [-0.15, -0.1) is 0 Å². The van der Waals surface area contributed by atoms with Crippen molar-refractivity contribution < 1.29 is 19.0 Å². The highest BCUT2D eigenvalue weighted by atomic mass is 32.2. The molecule has 0 aliphatic rings. The van der Waals surface area contributed by atoms with Crippen molar-refractivity contribution in [2.75, 3.05) is 33.3 Å². The highest BCUT2D eigenvalue weighted by Gasteiger charge is 2.21. The zero-order valence-electron chi connectivity index (χ0n) is 18.6. The topological polar surface area (TPSA) is 91.7 Å². The van der Waals surface area contributed by atoms with Gasteiger partial charge in [0.25, 0.3) is 5.56 Å². The van der Waals surface area contributed by atoms with Crippen LogP contribution in [0.2, 0.25) is 0 Å². The van der Waals surface area contributed by atoms with Crippen LogP contribution in [-0.2, 0) is 16.1 Å². The molecule has 0 aliphatic heterocycles. The molecule has 170 valence electrons. The van der Waals surface area contributed by atoms with E-state index in [9.17, 15) is 9.59 Å². The minimum absolute atomic E-state index is 0.184. The van der Waals surface area contributed by atoms with Gasteiger partial charge in [0.2, 0.25) is 0 Å². The van der Waals surface area contributed by atoms with Crippen LogP contribution in [0.1, 0.15) is 12.2 Å². The second-order valence-corrected chi connectivity index (χ2v) is 7.95. The third-order valence-electron chi connectivity index (χ3n) is 5.08. The van der Waals surface area contributed by atoms with E-state index in [1.165, 1.54) is 18.8 Å². The van der Waals surface area contributed by atoms with Gasteiger partial charge >= 0.3 is 5.97 Å². The number of ether oxygens (including phenoxy) is 3. The van der Waals surface area contributed by atoms with Gasteiger partial charge in [-0.05, 0) is 42.7 Å². The lowest BCUT2D eigenvalue weighted by Crippen LogP contribution is -2.39. The normalized spacial score (nSPS) is 11.9. The molecule has 1 unspecified atom stereocenters. The van der Waals surface area contributed by atoms with Crippen LogP contribution in [-0.4, -0.2) is 54.9 Å². The van der Waals surface area contributed by atoms with Gasteiger partial charge in [-0.25, -0.2) is 4.98 Å². The van der Waals surface area contributed by atoms with Crippen LogP contribution in [0.15, 0.2) is 47.3 Å². The summed E-state index contributed by atoms with van der Waals surface area (Å²) < 4.78 is 17.3. The van der Waals surface area contributed by atoms with Crippen LogP contribution in [0.25, 0.3) is 16.6 Å². The van der Waals surface area contributed by atoms with E-state index < -0.39 is 6.04 Å². The molecule has 0 spiro atoms. The quantitative estimate of drug-likeness (QED) is 0.465. The number of carbonyl (C=O) groups is 1. The predicted molar refractivity (Wildman–Crippen MR) is 126 cm³/mol. The molecule has 0 fully saturated rings. The zero-order chi connectivity index (χ0) is 23.1. The molecule has 1 aromatic heterocycles. The zero-order valence-corrected chi connectivity index (χ0v) is 19.4. The molecule has 0 bridgehead atoms. The molecule has 0 saturated heterocycles. The molecular formula is C23H27N3O5S. The number of nitrogens with zero attached hydrogens (tertiary/aromatic N) is 2. The third-order valence-corrected chi connectivity index (χ3v) is 5.72. The molecular weight excluding hydrogens is 430 g/mol. The standard InChI is InChI=1S/C23H27N3O5S/c1-29-15-9-10-19(20(13-15)30-2)26-21(14-24-18(11-12-32-4)23(28)31-3)25-17-8-6-5-7-16(17)22(26)27/h5-10,13,18,24H,11-12,14H2,1-4H3. The lowest BCUT2D eigenvalue weighted by Gasteiger charge is -2.20. The SMILES string of the molecule is COC(=O)C(CCSC)NCc1nc2ccccc2c(=O)n1-c1ccc(OC)cc1OC. The second kappa shape index (κ2) is 11.0. The molecule has 1 N–H and O–H groups in total. The van der Waals surface area contributed by atoms with Crippen molar-refractivity contribution in [1.82, 2.24) is 14.9 Å². The smallest absolute Gasteiger partial charge is 0.322 e. The largest absolute Gasteiger partial charge is 0.497 e. The number of carbonyl (C=O) groups excluding carboxylic acids is 1. The number of thioether (sulfide) groups is 1. The Morgan fingerprint density at radius 3 is 2.62 bits per heavy atom. The summed E-state index contributed by atoms with van der Waals surface area (Å²) in [6, 6.07) is 11.9.